The van der Waals surface area contributed by atoms with Gasteiger partial charge in [-0.3, -0.25) is 9.69 Å². The molecule has 1 N–H and O–H groups in total. The van der Waals surface area contributed by atoms with Crippen molar-refractivity contribution in [2.24, 2.45) is 5.92 Å². The van der Waals surface area contributed by atoms with Gasteiger partial charge in [0, 0.05) is 15.8 Å². The van der Waals surface area contributed by atoms with Gasteiger partial charge in [-0.25, -0.2) is 0 Å². The lowest BCUT2D eigenvalue weighted by atomic mass is 9.77. The SMILES string of the molecule is Cc1csc2ccc(C(=O)N[C@@H]3C4CCN(CC4)C34CC4)cc12.Cl. The minimum absolute atomic E-state index is 0. The third kappa shape index (κ3) is 2.31. The molecule has 128 valence electrons. The van der Waals surface area contributed by atoms with Crippen LogP contribution in [-0.4, -0.2) is 35.5 Å². The van der Waals surface area contributed by atoms with Crippen LogP contribution in [0.3, 0.4) is 0 Å². The average molecular weight is 363 g/mol. The second-order valence-electron chi connectivity index (χ2n) is 7.51. The first-order chi connectivity index (χ1) is 11.2. The van der Waals surface area contributed by atoms with Crippen LogP contribution in [0.4, 0.5) is 0 Å². The van der Waals surface area contributed by atoms with Crippen molar-refractivity contribution in [1.82, 2.24) is 10.2 Å². The van der Waals surface area contributed by atoms with Crippen molar-refractivity contribution in [2.45, 2.75) is 44.2 Å². The number of benzene rings is 1. The van der Waals surface area contributed by atoms with Crippen LogP contribution in [0.15, 0.2) is 23.6 Å². The van der Waals surface area contributed by atoms with E-state index in [0.29, 0.717) is 17.5 Å². The van der Waals surface area contributed by atoms with Gasteiger partial charge >= 0.3 is 0 Å². The van der Waals surface area contributed by atoms with Crippen LogP contribution >= 0.6 is 23.7 Å². The second kappa shape index (κ2) is 5.72. The van der Waals surface area contributed by atoms with Crippen molar-refractivity contribution < 1.29 is 4.79 Å². The summed E-state index contributed by atoms with van der Waals surface area (Å²) in [6, 6.07) is 6.49. The van der Waals surface area contributed by atoms with Crippen LogP contribution in [0.2, 0.25) is 0 Å². The molecule has 1 aromatic heterocycles. The third-order valence-electron chi connectivity index (χ3n) is 6.30. The molecule has 3 saturated heterocycles. The first-order valence-electron chi connectivity index (χ1n) is 8.71. The highest BCUT2D eigenvalue weighted by Crippen LogP contribution is 2.53. The van der Waals surface area contributed by atoms with E-state index in [1.54, 1.807) is 11.3 Å². The summed E-state index contributed by atoms with van der Waals surface area (Å²) in [6.45, 7) is 4.58. The Hall–Kier alpha value is -1.10. The van der Waals surface area contributed by atoms with E-state index in [2.05, 4.69) is 34.7 Å². The van der Waals surface area contributed by atoms with E-state index in [0.717, 1.165) is 5.56 Å². The van der Waals surface area contributed by atoms with Crippen LogP contribution in [0.5, 0.6) is 0 Å². The highest BCUT2D eigenvalue weighted by atomic mass is 35.5. The molecule has 3 nitrogen and oxygen atoms in total. The zero-order chi connectivity index (χ0) is 15.6. The molecule has 1 aliphatic carbocycles. The maximum atomic E-state index is 12.9. The fourth-order valence-corrected chi connectivity index (χ4v) is 5.77. The Morgan fingerprint density at radius 2 is 2.04 bits per heavy atom. The lowest BCUT2D eigenvalue weighted by molar-refractivity contribution is -0.00144. The number of halogens is 1. The number of nitrogens with zero attached hydrogens (tertiary/aromatic N) is 1. The molecule has 2 bridgehead atoms. The average Bonchev–Trinajstić information content (AvgIpc) is 3.28. The number of amides is 1. The van der Waals surface area contributed by atoms with Crippen LogP contribution in [0.25, 0.3) is 10.1 Å². The highest BCUT2D eigenvalue weighted by molar-refractivity contribution is 7.17. The Labute approximate surface area is 152 Å². The maximum absolute atomic E-state index is 12.9. The smallest absolute Gasteiger partial charge is 0.251 e. The molecule has 2 aromatic rings. The van der Waals surface area contributed by atoms with Gasteiger partial charge in [-0.1, -0.05) is 0 Å². The quantitative estimate of drug-likeness (QED) is 0.876. The molecule has 4 fully saturated rings. The largest absolute Gasteiger partial charge is 0.347 e. The Balaban J connectivity index is 0.00000146. The van der Waals surface area contributed by atoms with E-state index < -0.39 is 0 Å². The number of rotatable bonds is 2. The summed E-state index contributed by atoms with van der Waals surface area (Å²) in [5.41, 5.74) is 2.38. The van der Waals surface area contributed by atoms with E-state index in [1.807, 2.05) is 6.07 Å². The summed E-state index contributed by atoms with van der Waals surface area (Å²) < 4.78 is 1.26. The standard InChI is InChI=1S/C19H22N2OS.ClH/c1-12-11-23-16-3-2-14(10-15(12)16)18(22)20-17-13-4-8-21(9-5-13)19(17)6-7-19;/h2-3,10-11,13,17H,4-9H2,1H3,(H,20,22);1H/t17-;/m1./s1. The summed E-state index contributed by atoms with van der Waals surface area (Å²) in [7, 11) is 0. The number of carbonyl (C=O) groups is 1. The number of aryl methyl sites for hydroxylation is 1. The van der Waals surface area contributed by atoms with Gasteiger partial charge in [-0.2, -0.15) is 0 Å². The fraction of sp³-hybridized carbons (Fsp3) is 0.526. The monoisotopic (exact) mass is 362 g/mol. The predicted octanol–water partition coefficient (Wildman–Crippen LogP) is 3.99. The van der Waals surface area contributed by atoms with Crippen molar-refractivity contribution >= 4 is 39.7 Å². The lowest BCUT2D eigenvalue weighted by Gasteiger charge is -2.52. The number of nitrogens with one attached hydrogen (secondary N) is 1. The van der Waals surface area contributed by atoms with Gasteiger partial charge < -0.3 is 5.32 Å². The molecule has 24 heavy (non-hydrogen) atoms. The van der Waals surface area contributed by atoms with Crippen LogP contribution < -0.4 is 5.32 Å². The van der Waals surface area contributed by atoms with Gasteiger partial charge in [0.15, 0.2) is 0 Å². The van der Waals surface area contributed by atoms with Gasteiger partial charge in [-0.05, 0) is 86.1 Å². The molecule has 5 heteroatoms. The molecular formula is C19H23ClN2OS. The Bertz CT molecular complexity index is 790. The van der Waals surface area contributed by atoms with E-state index in [1.165, 1.54) is 54.4 Å². The van der Waals surface area contributed by atoms with Gasteiger partial charge in [0.1, 0.15) is 0 Å². The summed E-state index contributed by atoms with van der Waals surface area (Å²) >= 11 is 1.75. The van der Waals surface area contributed by atoms with E-state index in [-0.39, 0.29) is 18.3 Å². The van der Waals surface area contributed by atoms with Crippen molar-refractivity contribution in [1.29, 1.82) is 0 Å². The van der Waals surface area contributed by atoms with Gasteiger partial charge in [0.2, 0.25) is 0 Å². The Morgan fingerprint density at radius 3 is 2.75 bits per heavy atom. The van der Waals surface area contributed by atoms with Crippen molar-refractivity contribution in [2.75, 3.05) is 13.1 Å². The number of carbonyl (C=O) groups excluding carboxylic acids is 1. The van der Waals surface area contributed by atoms with Crippen molar-refractivity contribution in [3.05, 3.63) is 34.7 Å². The molecular weight excluding hydrogens is 340 g/mol. The Morgan fingerprint density at radius 1 is 1.29 bits per heavy atom. The predicted molar refractivity (Wildman–Crippen MR) is 101 cm³/mol. The molecule has 1 amide bonds. The number of piperidine rings is 3. The molecule has 1 atom stereocenters. The van der Waals surface area contributed by atoms with E-state index in [4.69, 9.17) is 0 Å². The molecule has 6 rings (SSSR count). The molecule has 1 saturated carbocycles. The maximum Gasteiger partial charge on any atom is 0.251 e. The number of hydrogen-bond acceptors (Lipinski definition) is 3. The number of fused-ring (bicyclic) bond motifs is 3. The molecule has 0 radical (unpaired) electrons. The summed E-state index contributed by atoms with van der Waals surface area (Å²) in [4.78, 5) is 15.5. The van der Waals surface area contributed by atoms with E-state index >= 15 is 0 Å². The first-order valence-corrected chi connectivity index (χ1v) is 9.59. The normalized spacial score (nSPS) is 29.5. The van der Waals surface area contributed by atoms with Gasteiger partial charge in [-0.15, -0.1) is 23.7 Å². The zero-order valence-electron chi connectivity index (χ0n) is 13.9. The topological polar surface area (TPSA) is 32.3 Å². The van der Waals surface area contributed by atoms with Gasteiger partial charge in [0.25, 0.3) is 5.91 Å². The molecule has 4 aliphatic rings. The van der Waals surface area contributed by atoms with Gasteiger partial charge in [0.05, 0.1) is 6.04 Å². The van der Waals surface area contributed by atoms with Crippen molar-refractivity contribution in [3.63, 3.8) is 0 Å². The zero-order valence-corrected chi connectivity index (χ0v) is 15.5. The minimum atomic E-state index is 0. The summed E-state index contributed by atoms with van der Waals surface area (Å²) in [5.74, 6) is 0.792. The summed E-state index contributed by atoms with van der Waals surface area (Å²) in [5, 5.41) is 6.80. The molecule has 3 aliphatic heterocycles. The summed E-state index contributed by atoms with van der Waals surface area (Å²) in [6.07, 6.45) is 5.01. The number of thiophene rings is 1. The Kier molecular flexibility index (Phi) is 3.90. The number of hydrogen-bond donors (Lipinski definition) is 1. The first kappa shape index (κ1) is 16.4. The van der Waals surface area contributed by atoms with Crippen molar-refractivity contribution in [3.8, 4) is 0 Å². The van der Waals surface area contributed by atoms with E-state index in [9.17, 15) is 4.79 Å². The molecule has 4 heterocycles. The molecule has 0 unspecified atom stereocenters. The van der Waals surface area contributed by atoms with Crippen LogP contribution in [0, 0.1) is 12.8 Å². The van der Waals surface area contributed by atoms with Crippen LogP contribution in [0.1, 0.15) is 41.6 Å². The fourth-order valence-electron chi connectivity index (χ4n) is 4.84. The molecule has 1 aromatic carbocycles. The molecule has 1 spiro atoms. The van der Waals surface area contributed by atoms with Crippen LogP contribution in [-0.2, 0) is 0 Å². The lowest BCUT2D eigenvalue weighted by Crippen LogP contribution is -2.65. The highest BCUT2D eigenvalue weighted by Gasteiger charge is 2.60. The second-order valence-corrected chi connectivity index (χ2v) is 8.42. The minimum Gasteiger partial charge on any atom is -0.347 e. The third-order valence-corrected chi connectivity index (χ3v) is 7.38.